The van der Waals surface area contributed by atoms with Crippen LogP contribution in [0.5, 0.6) is 5.75 Å². The highest BCUT2D eigenvalue weighted by molar-refractivity contribution is 6.32. The maximum atomic E-state index is 12.5. The zero-order valence-corrected chi connectivity index (χ0v) is 15.1. The summed E-state index contributed by atoms with van der Waals surface area (Å²) in [6.45, 7) is 2.42. The molecule has 0 aromatic heterocycles. The first-order valence-corrected chi connectivity index (χ1v) is 8.98. The molecule has 3 nitrogen and oxygen atoms in total. The van der Waals surface area contributed by atoms with Crippen molar-refractivity contribution in [3.05, 3.63) is 82.4 Å². The lowest BCUT2D eigenvalue weighted by Crippen LogP contribution is -2.12. The second-order valence-corrected chi connectivity index (χ2v) is 6.65. The highest BCUT2D eigenvalue weighted by atomic mass is 35.5. The number of rotatable bonds is 4. The van der Waals surface area contributed by atoms with Gasteiger partial charge in [-0.2, -0.15) is 0 Å². The number of amides is 1. The lowest BCUT2D eigenvalue weighted by atomic mass is 10.1. The van der Waals surface area contributed by atoms with Gasteiger partial charge in [-0.1, -0.05) is 41.9 Å². The molecule has 0 saturated carbocycles. The largest absolute Gasteiger partial charge is 0.492 e. The van der Waals surface area contributed by atoms with Crippen LogP contribution in [-0.4, -0.2) is 12.5 Å². The molecular formula is C22H18ClNO2. The minimum atomic E-state index is -0.189. The Kier molecular flexibility index (Phi) is 4.39. The van der Waals surface area contributed by atoms with Gasteiger partial charge in [-0.25, -0.2) is 0 Å². The predicted molar refractivity (Wildman–Crippen MR) is 105 cm³/mol. The van der Waals surface area contributed by atoms with Crippen molar-refractivity contribution in [3.8, 4) is 16.9 Å². The summed E-state index contributed by atoms with van der Waals surface area (Å²) in [5.41, 5.74) is 6.35. The minimum absolute atomic E-state index is 0.189. The molecule has 1 N–H and O–H groups in total. The van der Waals surface area contributed by atoms with Crippen molar-refractivity contribution in [2.45, 2.75) is 13.3 Å². The first-order valence-electron chi connectivity index (χ1n) is 8.60. The minimum Gasteiger partial charge on any atom is -0.492 e. The molecule has 4 heteroatoms. The van der Waals surface area contributed by atoms with Crippen molar-refractivity contribution < 1.29 is 9.53 Å². The summed E-state index contributed by atoms with van der Waals surface area (Å²) in [5, 5.41) is 3.39. The molecule has 1 amide bonds. The van der Waals surface area contributed by atoms with Crippen molar-refractivity contribution in [1.29, 1.82) is 0 Å². The van der Waals surface area contributed by atoms with Gasteiger partial charge >= 0.3 is 0 Å². The maximum absolute atomic E-state index is 12.5. The molecule has 0 radical (unpaired) electrons. The van der Waals surface area contributed by atoms with Crippen LogP contribution < -0.4 is 10.1 Å². The normalized spacial score (nSPS) is 11.6. The van der Waals surface area contributed by atoms with Crippen LogP contribution in [-0.2, 0) is 6.42 Å². The molecule has 0 aliphatic heterocycles. The molecule has 0 atom stereocenters. The van der Waals surface area contributed by atoms with E-state index in [2.05, 4.69) is 35.6 Å². The highest BCUT2D eigenvalue weighted by Crippen LogP contribution is 2.37. The Bertz CT molecular complexity index is 997. The summed E-state index contributed by atoms with van der Waals surface area (Å²) in [5.74, 6) is 0.395. The summed E-state index contributed by atoms with van der Waals surface area (Å²) in [7, 11) is 0. The van der Waals surface area contributed by atoms with Crippen LogP contribution >= 0.6 is 11.6 Å². The number of hydrogen-bond donors (Lipinski definition) is 1. The van der Waals surface area contributed by atoms with Gasteiger partial charge in [-0.15, -0.1) is 0 Å². The number of hydrogen-bond acceptors (Lipinski definition) is 2. The van der Waals surface area contributed by atoms with E-state index < -0.39 is 0 Å². The van der Waals surface area contributed by atoms with E-state index in [9.17, 15) is 4.79 Å². The van der Waals surface area contributed by atoms with E-state index in [0.717, 1.165) is 12.1 Å². The fraction of sp³-hybridized carbons (Fsp3) is 0.136. The van der Waals surface area contributed by atoms with Crippen molar-refractivity contribution in [2.24, 2.45) is 0 Å². The molecule has 0 heterocycles. The Balaban J connectivity index is 1.54. The number of ether oxygens (including phenoxy) is 1. The molecule has 0 saturated heterocycles. The molecule has 4 rings (SSSR count). The zero-order chi connectivity index (χ0) is 18.1. The average molecular weight is 364 g/mol. The summed E-state index contributed by atoms with van der Waals surface area (Å²) >= 11 is 6.18. The zero-order valence-electron chi connectivity index (χ0n) is 14.4. The molecule has 26 heavy (non-hydrogen) atoms. The standard InChI is InChI=1S/C22H18ClNO2/c1-2-26-21-10-7-15(13-20(21)23)22(25)24-17-8-9-19-16(12-17)11-14-5-3-4-6-18(14)19/h3-10,12-13H,2,11H2,1H3,(H,24,25). The monoisotopic (exact) mass is 363 g/mol. The van der Waals surface area contributed by atoms with Gasteiger partial charge in [0.1, 0.15) is 5.75 Å². The van der Waals surface area contributed by atoms with Crippen molar-refractivity contribution >= 4 is 23.2 Å². The number of halogens is 1. The van der Waals surface area contributed by atoms with Gasteiger partial charge in [0.25, 0.3) is 5.91 Å². The van der Waals surface area contributed by atoms with E-state index in [1.54, 1.807) is 18.2 Å². The Morgan fingerprint density at radius 3 is 2.65 bits per heavy atom. The maximum Gasteiger partial charge on any atom is 0.255 e. The number of fused-ring (bicyclic) bond motifs is 3. The van der Waals surface area contributed by atoms with Gasteiger partial charge in [-0.3, -0.25) is 4.79 Å². The molecule has 0 fully saturated rings. The van der Waals surface area contributed by atoms with Gasteiger partial charge in [0.2, 0.25) is 0 Å². The van der Waals surface area contributed by atoms with E-state index >= 15 is 0 Å². The van der Waals surface area contributed by atoms with Gasteiger partial charge in [-0.05, 0) is 65.9 Å². The average Bonchev–Trinajstić information content (AvgIpc) is 3.01. The van der Waals surface area contributed by atoms with Crippen LogP contribution in [0.1, 0.15) is 28.4 Å². The number of carbonyl (C=O) groups is 1. The third kappa shape index (κ3) is 3.06. The topological polar surface area (TPSA) is 38.3 Å². The summed E-state index contributed by atoms with van der Waals surface area (Å²) in [6.07, 6.45) is 0.893. The third-order valence-electron chi connectivity index (χ3n) is 4.55. The van der Waals surface area contributed by atoms with E-state index in [-0.39, 0.29) is 5.91 Å². The van der Waals surface area contributed by atoms with Crippen molar-refractivity contribution in [3.63, 3.8) is 0 Å². The van der Waals surface area contributed by atoms with Crippen LogP contribution in [0.3, 0.4) is 0 Å². The Morgan fingerprint density at radius 1 is 1.04 bits per heavy atom. The molecule has 3 aromatic rings. The lowest BCUT2D eigenvalue weighted by Gasteiger charge is -2.10. The number of benzene rings is 3. The van der Waals surface area contributed by atoms with Gasteiger partial charge in [0.15, 0.2) is 0 Å². The van der Waals surface area contributed by atoms with Crippen LogP contribution in [0.25, 0.3) is 11.1 Å². The molecule has 130 valence electrons. The Labute approximate surface area is 157 Å². The van der Waals surface area contributed by atoms with Gasteiger partial charge in [0.05, 0.1) is 11.6 Å². The molecule has 1 aliphatic carbocycles. The molecule has 3 aromatic carbocycles. The summed E-state index contributed by atoms with van der Waals surface area (Å²) in [4.78, 5) is 12.5. The Hall–Kier alpha value is -2.78. The van der Waals surface area contributed by atoms with Gasteiger partial charge in [0, 0.05) is 11.3 Å². The quantitative estimate of drug-likeness (QED) is 0.515. The number of carbonyl (C=O) groups excluding carboxylic acids is 1. The second-order valence-electron chi connectivity index (χ2n) is 6.24. The summed E-state index contributed by atoms with van der Waals surface area (Å²) < 4.78 is 5.41. The van der Waals surface area contributed by atoms with E-state index in [0.29, 0.717) is 22.9 Å². The SMILES string of the molecule is CCOc1ccc(C(=O)Nc2ccc3c(c2)Cc2ccccc2-3)cc1Cl. The lowest BCUT2D eigenvalue weighted by molar-refractivity contribution is 0.102. The molecular weight excluding hydrogens is 346 g/mol. The van der Waals surface area contributed by atoms with E-state index in [1.165, 1.54) is 22.3 Å². The fourth-order valence-corrected chi connectivity index (χ4v) is 3.58. The van der Waals surface area contributed by atoms with Crippen molar-refractivity contribution in [1.82, 2.24) is 0 Å². The number of anilines is 1. The Morgan fingerprint density at radius 2 is 1.85 bits per heavy atom. The molecule has 0 unspecified atom stereocenters. The van der Waals surface area contributed by atoms with Crippen LogP contribution in [0.2, 0.25) is 5.02 Å². The third-order valence-corrected chi connectivity index (χ3v) is 4.84. The molecule has 0 spiro atoms. The van der Waals surface area contributed by atoms with Crippen LogP contribution in [0, 0.1) is 0 Å². The van der Waals surface area contributed by atoms with Gasteiger partial charge < -0.3 is 10.1 Å². The van der Waals surface area contributed by atoms with Crippen molar-refractivity contribution in [2.75, 3.05) is 11.9 Å². The molecule has 0 bridgehead atoms. The fourth-order valence-electron chi connectivity index (χ4n) is 3.34. The second kappa shape index (κ2) is 6.85. The van der Waals surface area contributed by atoms with Crippen LogP contribution in [0.15, 0.2) is 60.7 Å². The predicted octanol–water partition coefficient (Wildman–Crippen LogP) is 5.56. The molecule has 1 aliphatic rings. The first-order chi connectivity index (χ1) is 12.7. The number of nitrogens with one attached hydrogen (secondary N) is 1. The highest BCUT2D eigenvalue weighted by Gasteiger charge is 2.18. The smallest absolute Gasteiger partial charge is 0.255 e. The summed E-state index contributed by atoms with van der Waals surface area (Å²) in [6, 6.07) is 19.5. The first kappa shape index (κ1) is 16.7. The van der Waals surface area contributed by atoms with E-state index in [1.807, 2.05) is 19.1 Å². The van der Waals surface area contributed by atoms with Crippen LogP contribution in [0.4, 0.5) is 5.69 Å². The van der Waals surface area contributed by atoms with E-state index in [4.69, 9.17) is 16.3 Å².